The van der Waals surface area contributed by atoms with Crippen molar-refractivity contribution in [3.05, 3.63) is 40.9 Å². The molecule has 0 bridgehead atoms. The number of nitrogens with one attached hydrogen (secondary N) is 1. The molecule has 0 aliphatic carbocycles. The summed E-state index contributed by atoms with van der Waals surface area (Å²) in [6.07, 6.45) is 2.87. The molecule has 0 spiro atoms. The summed E-state index contributed by atoms with van der Waals surface area (Å²) in [7, 11) is 0. The molecule has 0 aromatic heterocycles. The van der Waals surface area contributed by atoms with Gasteiger partial charge in [0.1, 0.15) is 17.6 Å². The number of carboxylic acids is 1. The van der Waals surface area contributed by atoms with Gasteiger partial charge in [-0.1, -0.05) is 40.3 Å². The van der Waals surface area contributed by atoms with Crippen LogP contribution in [0.2, 0.25) is 0 Å². The fourth-order valence-electron chi connectivity index (χ4n) is 1.79. The molecule has 1 aromatic carbocycles. The fraction of sp³-hybridized carbons (Fsp3) is 0.200. The number of hydrogen-bond acceptors (Lipinski definition) is 6. The third-order valence-corrected chi connectivity index (χ3v) is 4.38. The number of hydrogen-bond donors (Lipinski definition) is 2. The maximum absolute atomic E-state index is 11.6. The quantitative estimate of drug-likeness (QED) is 0.407. The second-order valence-electron chi connectivity index (χ2n) is 4.63. The fourth-order valence-corrected chi connectivity index (χ4v) is 3.08. The average Bonchev–Trinajstić information content (AvgIpc) is 2.86. The van der Waals surface area contributed by atoms with Gasteiger partial charge in [-0.05, 0) is 18.2 Å². The Kier molecular flexibility index (Phi) is 6.56. The molecule has 1 aliphatic rings. The molecule has 1 amide bonds. The summed E-state index contributed by atoms with van der Waals surface area (Å²) < 4.78 is 6.38. The molecule has 1 aliphatic heterocycles. The lowest BCUT2D eigenvalue weighted by atomic mass is 10.2. The molecule has 0 saturated carbocycles. The van der Waals surface area contributed by atoms with Crippen molar-refractivity contribution in [2.45, 2.75) is 11.7 Å². The summed E-state index contributed by atoms with van der Waals surface area (Å²) in [5.41, 5.74) is 0.701. The SMILES string of the molecule is C=CCOc1ccc(Br)cc1/C=N\N=C1\NC(=O)[C@H](CC(=O)O)S1. The Morgan fingerprint density at radius 3 is 3.04 bits per heavy atom. The Hall–Kier alpha value is -2.13. The number of benzene rings is 1. The lowest BCUT2D eigenvalue weighted by molar-refractivity contribution is -0.138. The molecular formula is C15H14BrN3O4S. The number of ether oxygens (including phenoxy) is 1. The molecule has 1 atom stereocenters. The molecule has 1 fully saturated rings. The third kappa shape index (κ3) is 5.20. The van der Waals surface area contributed by atoms with Crippen LogP contribution in [0.25, 0.3) is 0 Å². The molecular weight excluding hydrogens is 398 g/mol. The summed E-state index contributed by atoms with van der Waals surface area (Å²) in [5.74, 6) is -0.798. The number of amidine groups is 1. The standard InChI is InChI=1S/C15H14BrN3O4S/c1-2-5-23-11-4-3-10(16)6-9(11)8-17-19-15-18-14(22)12(24-15)7-13(20)21/h2-4,6,8,12H,1,5,7H2,(H,20,21)(H,18,19,22)/b17-8-/t12-/m0/s1. The van der Waals surface area contributed by atoms with Crippen molar-refractivity contribution in [3.8, 4) is 5.75 Å². The first-order valence-electron chi connectivity index (χ1n) is 6.83. The number of aliphatic carboxylic acids is 1. The predicted molar refractivity (Wildman–Crippen MR) is 96.6 cm³/mol. The van der Waals surface area contributed by atoms with E-state index in [1.807, 2.05) is 12.1 Å². The first-order valence-corrected chi connectivity index (χ1v) is 8.50. The Balaban J connectivity index is 2.08. The molecule has 0 radical (unpaired) electrons. The number of carbonyl (C=O) groups excluding carboxylic acids is 1. The van der Waals surface area contributed by atoms with Gasteiger partial charge in [0, 0.05) is 10.0 Å². The van der Waals surface area contributed by atoms with Crippen LogP contribution in [0.4, 0.5) is 0 Å². The molecule has 2 N–H and O–H groups in total. The van der Waals surface area contributed by atoms with Crippen LogP contribution in [-0.2, 0) is 9.59 Å². The van der Waals surface area contributed by atoms with E-state index in [0.29, 0.717) is 17.9 Å². The largest absolute Gasteiger partial charge is 0.489 e. The lowest BCUT2D eigenvalue weighted by Crippen LogP contribution is -2.26. The van der Waals surface area contributed by atoms with Crippen molar-refractivity contribution in [2.75, 3.05) is 6.61 Å². The Morgan fingerprint density at radius 2 is 2.33 bits per heavy atom. The summed E-state index contributed by atoms with van der Waals surface area (Å²) in [4.78, 5) is 22.3. The highest BCUT2D eigenvalue weighted by Gasteiger charge is 2.32. The highest BCUT2D eigenvalue weighted by Crippen LogP contribution is 2.23. The number of nitrogens with zero attached hydrogens (tertiary/aromatic N) is 2. The zero-order chi connectivity index (χ0) is 17.5. The average molecular weight is 412 g/mol. The highest BCUT2D eigenvalue weighted by molar-refractivity contribution is 9.10. The van der Waals surface area contributed by atoms with Crippen LogP contribution in [-0.4, -0.2) is 40.2 Å². The number of carbonyl (C=O) groups is 2. The van der Waals surface area contributed by atoms with E-state index in [1.54, 1.807) is 12.1 Å². The maximum Gasteiger partial charge on any atom is 0.305 e. The molecule has 7 nitrogen and oxygen atoms in total. The van der Waals surface area contributed by atoms with E-state index in [0.717, 1.165) is 16.2 Å². The molecule has 126 valence electrons. The first-order chi connectivity index (χ1) is 11.5. The first kappa shape index (κ1) is 18.2. The van der Waals surface area contributed by atoms with E-state index in [2.05, 4.69) is 38.0 Å². The molecule has 24 heavy (non-hydrogen) atoms. The minimum Gasteiger partial charge on any atom is -0.489 e. The van der Waals surface area contributed by atoms with Gasteiger partial charge in [0.2, 0.25) is 5.91 Å². The molecule has 1 saturated heterocycles. The Labute approximate surface area is 151 Å². The van der Waals surface area contributed by atoms with Crippen molar-refractivity contribution in [1.82, 2.24) is 5.32 Å². The van der Waals surface area contributed by atoms with Crippen molar-refractivity contribution in [3.63, 3.8) is 0 Å². The van der Waals surface area contributed by atoms with Crippen LogP contribution in [0, 0.1) is 0 Å². The molecule has 1 aromatic rings. The third-order valence-electron chi connectivity index (χ3n) is 2.81. The van der Waals surface area contributed by atoms with Gasteiger partial charge in [-0.25, -0.2) is 0 Å². The van der Waals surface area contributed by atoms with E-state index in [9.17, 15) is 9.59 Å². The van der Waals surface area contributed by atoms with Crippen LogP contribution >= 0.6 is 27.7 Å². The van der Waals surface area contributed by atoms with E-state index in [4.69, 9.17) is 9.84 Å². The van der Waals surface area contributed by atoms with Crippen LogP contribution in [0.15, 0.2) is 45.5 Å². The van der Waals surface area contributed by atoms with Gasteiger partial charge < -0.3 is 15.2 Å². The van der Waals surface area contributed by atoms with E-state index < -0.39 is 11.2 Å². The van der Waals surface area contributed by atoms with E-state index in [-0.39, 0.29) is 17.5 Å². The highest BCUT2D eigenvalue weighted by atomic mass is 79.9. The summed E-state index contributed by atoms with van der Waals surface area (Å²) in [6, 6.07) is 5.44. The van der Waals surface area contributed by atoms with Gasteiger partial charge in [0.05, 0.1) is 12.6 Å². The van der Waals surface area contributed by atoms with Crippen molar-refractivity contribution in [1.29, 1.82) is 0 Å². The number of rotatable bonds is 7. The zero-order valence-corrected chi connectivity index (χ0v) is 14.8. The van der Waals surface area contributed by atoms with Crippen molar-refractivity contribution < 1.29 is 19.4 Å². The van der Waals surface area contributed by atoms with Crippen molar-refractivity contribution in [2.24, 2.45) is 10.2 Å². The zero-order valence-electron chi connectivity index (χ0n) is 12.4. The minimum absolute atomic E-state index is 0.260. The Bertz CT molecular complexity index is 721. The van der Waals surface area contributed by atoms with Crippen LogP contribution in [0.3, 0.4) is 0 Å². The molecule has 2 rings (SSSR count). The molecule has 1 heterocycles. The number of carboxylic acid groups (broad SMARTS) is 1. The summed E-state index contributed by atoms with van der Waals surface area (Å²) in [5, 5.41) is 18.7. The van der Waals surface area contributed by atoms with Crippen LogP contribution < -0.4 is 10.1 Å². The molecule has 0 unspecified atom stereocenters. The second kappa shape index (κ2) is 8.65. The Morgan fingerprint density at radius 1 is 1.54 bits per heavy atom. The lowest BCUT2D eigenvalue weighted by Gasteiger charge is -2.06. The smallest absolute Gasteiger partial charge is 0.305 e. The van der Waals surface area contributed by atoms with Crippen LogP contribution in [0.5, 0.6) is 5.75 Å². The predicted octanol–water partition coefficient (Wildman–Crippen LogP) is 2.41. The van der Waals surface area contributed by atoms with Gasteiger partial charge in [0.25, 0.3) is 0 Å². The number of halogens is 1. The molecule has 9 heteroatoms. The van der Waals surface area contributed by atoms with Crippen LogP contribution in [0.1, 0.15) is 12.0 Å². The normalized spacial score (nSPS) is 18.8. The van der Waals surface area contributed by atoms with Gasteiger partial charge >= 0.3 is 5.97 Å². The van der Waals surface area contributed by atoms with Gasteiger partial charge in [-0.3, -0.25) is 9.59 Å². The van der Waals surface area contributed by atoms with Gasteiger partial charge in [-0.15, -0.1) is 5.10 Å². The second-order valence-corrected chi connectivity index (χ2v) is 6.73. The monoisotopic (exact) mass is 411 g/mol. The number of thioether (sulfide) groups is 1. The topological polar surface area (TPSA) is 100 Å². The minimum atomic E-state index is -1.04. The van der Waals surface area contributed by atoms with E-state index in [1.165, 1.54) is 6.21 Å². The van der Waals surface area contributed by atoms with Gasteiger partial charge in [-0.2, -0.15) is 5.10 Å². The van der Waals surface area contributed by atoms with Gasteiger partial charge in [0.15, 0.2) is 5.17 Å². The van der Waals surface area contributed by atoms with E-state index >= 15 is 0 Å². The number of amides is 1. The summed E-state index contributed by atoms with van der Waals surface area (Å²) in [6.45, 7) is 3.96. The maximum atomic E-state index is 11.6. The summed E-state index contributed by atoms with van der Waals surface area (Å²) >= 11 is 4.42. The van der Waals surface area contributed by atoms with Crippen molar-refractivity contribution >= 4 is 51.0 Å².